The van der Waals surface area contributed by atoms with Gasteiger partial charge in [0.15, 0.2) is 0 Å². The zero-order valence-corrected chi connectivity index (χ0v) is 12.2. The molecule has 1 atom stereocenters. The SMILES string of the molecule is CCCCC(NCC)C1(OC)CCC(C)CC1. The Morgan fingerprint density at radius 3 is 2.41 bits per heavy atom. The Kier molecular flexibility index (Phi) is 6.50. The number of hydrogen-bond donors (Lipinski definition) is 1. The summed E-state index contributed by atoms with van der Waals surface area (Å²) in [5.74, 6) is 0.881. The molecule has 0 saturated heterocycles. The molecule has 0 aliphatic heterocycles. The van der Waals surface area contributed by atoms with Crippen LogP contribution in [0.5, 0.6) is 0 Å². The average Bonchev–Trinajstić information content (AvgIpc) is 2.36. The topological polar surface area (TPSA) is 21.3 Å². The molecule has 1 aliphatic rings. The van der Waals surface area contributed by atoms with Crippen LogP contribution < -0.4 is 5.32 Å². The second-order valence-corrected chi connectivity index (χ2v) is 5.70. The number of rotatable bonds is 7. The highest BCUT2D eigenvalue weighted by Crippen LogP contribution is 2.38. The van der Waals surface area contributed by atoms with Crippen molar-refractivity contribution in [2.45, 2.75) is 77.4 Å². The highest BCUT2D eigenvalue weighted by Gasteiger charge is 2.40. The van der Waals surface area contributed by atoms with Crippen molar-refractivity contribution in [2.24, 2.45) is 5.92 Å². The van der Waals surface area contributed by atoms with Crippen molar-refractivity contribution in [3.63, 3.8) is 0 Å². The fourth-order valence-corrected chi connectivity index (χ4v) is 3.15. The van der Waals surface area contributed by atoms with E-state index in [1.165, 1.54) is 44.9 Å². The maximum absolute atomic E-state index is 5.98. The maximum Gasteiger partial charge on any atom is 0.0831 e. The van der Waals surface area contributed by atoms with Crippen LogP contribution in [0, 0.1) is 5.92 Å². The van der Waals surface area contributed by atoms with Crippen LogP contribution in [0.25, 0.3) is 0 Å². The van der Waals surface area contributed by atoms with E-state index in [1.807, 2.05) is 7.11 Å². The van der Waals surface area contributed by atoms with E-state index >= 15 is 0 Å². The van der Waals surface area contributed by atoms with Gasteiger partial charge in [-0.15, -0.1) is 0 Å². The lowest BCUT2D eigenvalue weighted by molar-refractivity contribution is -0.0765. The molecule has 0 bridgehead atoms. The van der Waals surface area contributed by atoms with E-state index in [-0.39, 0.29) is 5.60 Å². The molecule has 0 aromatic carbocycles. The van der Waals surface area contributed by atoms with Gasteiger partial charge < -0.3 is 10.1 Å². The summed E-state index contributed by atoms with van der Waals surface area (Å²) < 4.78 is 5.98. The van der Waals surface area contributed by atoms with Gasteiger partial charge in [0, 0.05) is 13.2 Å². The van der Waals surface area contributed by atoms with Crippen molar-refractivity contribution >= 4 is 0 Å². The molecule has 1 saturated carbocycles. The van der Waals surface area contributed by atoms with Crippen LogP contribution in [0.3, 0.4) is 0 Å². The highest BCUT2D eigenvalue weighted by molar-refractivity contribution is 4.96. The molecule has 0 heterocycles. The lowest BCUT2D eigenvalue weighted by atomic mass is 9.74. The zero-order valence-electron chi connectivity index (χ0n) is 12.2. The van der Waals surface area contributed by atoms with E-state index in [4.69, 9.17) is 4.74 Å². The standard InChI is InChI=1S/C15H31NO/c1-5-7-8-14(16-6-2)15(17-4)11-9-13(3)10-12-15/h13-14,16H,5-12H2,1-4H3. The molecule has 0 radical (unpaired) electrons. The number of likely N-dealkylation sites (N-methyl/N-ethyl adjacent to an activating group) is 1. The normalized spacial score (nSPS) is 31.4. The van der Waals surface area contributed by atoms with Crippen LogP contribution in [-0.4, -0.2) is 25.3 Å². The third-order valence-electron chi connectivity index (χ3n) is 4.46. The van der Waals surface area contributed by atoms with Crippen molar-refractivity contribution in [2.75, 3.05) is 13.7 Å². The minimum absolute atomic E-state index is 0.109. The Hall–Kier alpha value is -0.0800. The molecule has 1 N–H and O–H groups in total. The summed E-state index contributed by atoms with van der Waals surface area (Å²) in [6, 6.07) is 0.546. The van der Waals surface area contributed by atoms with Crippen molar-refractivity contribution in [1.82, 2.24) is 5.32 Å². The Labute approximate surface area is 108 Å². The van der Waals surface area contributed by atoms with Crippen molar-refractivity contribution in [1.29, 1.82) is 0 Å². The first-order chi connectivity index (χ1) is 8.18. The average molecular weight is 241 g/mol. The summed E-state index contributed by atoms with van der Waals surface area (Å²) in [5, 5.41) is 3.67. The van der Waals surface area contributed by atoms with E-state index in [0.29, 0.717) is 6.04 Å². The van der Waals surface area contributed by atoms with Gasteiger partial charge in [0.1, 0.15) is 0 Å². The zero-order chi connectivity index (χ0) is 12.7. The van der Waals surface area contributed by atoms with E-state index < -0.39 is 0 Å². The fourth-order valence-electron chi connectivity index (χ4n) is 3.15. The molecular weight excluding hydrogens is 210 g/mol. The van der Waals surface area contributed by atoms with Gasteiger partial charge in [0.25, 0.3) is 0 Å². The largest absolute Gasteiger partial charge is 0.377 e. The first kappa shape index (κ1) is 15.0. The van der Waals surface area contributed by atoms with E-state index in [0.717, 1.165) is 12.5 Å². The van der Waals surface area contributed by atoms with Gasteiger partial charge in [0.2, 0.25) is 0 Å². The van der Waals surface area contributed by atoms with Crippen molar-refractivity contribution < 1.29 is 4.74 Å². The lowest BCUT2D eigenvalue weighted by Crippen LogP contribution is -2.53. The van der Waals surface area contributed by atoms with Crippen molar-refractivity contribution in [3.05, 3.63) is 0 Å². The molecule has 0 aromatic heterocycles. The lowest BCUT2D eigenvalue weighted by Gasteiger charge is -2.44. The van der Waals surface area contributed by atoms with Gasteiger partial charge in [-0.25, -0.2) is 0 Å². The fraction of sp³-hybridized carbons (Fsp3) is 1.00. The molecule has 0 aromatic rings. The van der Waals surface area contributed by atoms with E-state index in [1.54, 1.807) is 0 Å². The predicted molar refractivity (Wildman–Crippen MR) is 74.4 cm³/mol. The summed E-state index contributed by atoms with van der Waals surface area (Å²) in [5.41, 5.74) is 0.109. The van der Waals surface area contributed by atoms with Gasteiger partial charge in [-0.1, -0.05) is 33.6 Å². The summed E-state index contributed by atoms with van der Waals surface area (Å²) in [6.07, 6.45) is 8.94. The first-order valence-corrected chi connectivity index (χ1v) is 7.47. The number of unbranched alkanes of at least 4 members (excludes halogenated alkanes) is 1. The summed E-state index contributed by atoms with van der Waals surface area (Å²) in [6.45, 7) is 7.89. The molecule has 2 heteroatoms. The second-order valence-electron chi connectivity index (χ2n) is 5.70. The summed E-state index contributed by atoms with van der Waals surface area (Å²) >= 11 is 0. The molecular formula is C15H31NO. The molecule has 0 amide bonds. The smallest absolute Gasteiger partial charge is 0.0831 e. The first-order valence-electron chi connectivity index (χ1n) is 7.47. The highest BCUT2D eigenvalue weighted by atomic mass is 16.5. The Balaban J connectivity index is 2.65. The Morgan fingerprint density at radius 1 is 1.29 bits per heavy atom. The third kappa shape index (κ3) is 3.96. The number of nitrogens with one attached hydrogen (secondary N) is 1. The third-order valence-corrected chi connectivity index (χ3v) is 4.46. The Morgan fingerprint density at radius 2 is 1.94 bits per heavy atom. The van der Waals surface area contributed by atoms with Crippen LogP contribution >= 0.6 is 0 Å². The van der Waals surface area contributed by atoms with Crippen LogP contribution in [0.2, 0.25) is 0 Å². The maximum atomic E-state index is 5.98. The van der Waals surface area contributed by atoms with Crippen LogP contribution in [0.4, 0.5) is 0 Å². The van der Waals surface area contributed by atoms with Crippen molar-refractivity contribution in [3.8, 4) is 0 Å². The van der Waals surface area contributed by atoms with Crippen LogP contribution in [0.1, 0.15) is 65.7 Å². The molecule has 0 spiro atoms. The molecule has 1 unspecified atom stereocenters. The minimum Gasteiger partial charge on any atom is -0.377 e. The summed E-state index contributed by atoms with van der Waals surface area (Å²) in [7, 11) is 1.91. The minimum atomic E-state index is 0.109. The predicted octanol–water partition coefficient (Wildman–Crippen LogP) is 3.75. The molecule has 1 rings (SSSR count). The van der Waals surface area contributed by atoms with E-state index in [2.05, 4.69) is 26.1 Å². The molecule has 17 heavy (non-hydrogen) atoms. The van der Waals surface area contributed by atoms with Gasteiger partial charge in [-0.05, 0) is 44.6 Å². The van der Waals surface area contributed by atoms with Gasteiger partial charge in [0.05, 0.1) is 5.60 Å². The van der Waals surface area contributed by atoms with Gasteiger partial charge in [-0.3, -0.25) is 0 Å². The van der Waals surface area contributed by atoms with Gasteiger partial charge >= 0.3 is 0 Å². The molecule has 102 valence electrons. The number of hydrogen-bond acceptors (Lipinski definition) is 2. The molecule has 2 nitrogen and oxygen atoms in total. The Bertz CT molecular complexity index is 197. The molecule has 1 fully saturated rings. The number of ether oxygens (including phenoxy) is 1. The monoisotopic (exact) mass is 241 g/mol. The second kappa shape index (κ2) is 7.38. The number of methoxy groups -OCH3 is 1. The van der Waals surface area contributed by atoms with E-state index in [9.17, 15) is 0 Å². The van der Waals surface area contributed by atoms with Crippen LogP contribution in [0.15, 0.2) is 0 Å². The van der Waals surface area contributed by atoms with Gasteiger partial charge in [-0.2, -0.15) is 0 Å². The quantitative estimate of drug-likeness (QED) is 0.733. The molecule has 1 aliphatic carbocycles. The summed E-state index contributed by atoms with van der Waals surface area (Å²) in [4.78, 5) is 0. The van der Waals surface area contributed by atoms with Crippen LogP contribution in [-0.2, 0) is 4.74 Å².